The molecule has 1 aromatic carbocycles. The summed E-state index contributed by atoms with van der Waals surface area (Å²) in [6.07, 6.45) is 4.02. The van der Waals surface area contributed by atoms with Crippen LogP contribution < -0.4 is 0 Å². The first kappa shape index (κ1) is 18.7. The molecule has 5 heteroatoms. The highest BCUT2D eigenvalue weighted by molar-refractivity contribution is 5.74. The number of esters is 1. The monoisotopic (exact) mass is 339 g/mol. The SMILES string of the molecule is CCCC#Cc1c(CCC)nnn1[C@H](Cc1ccccc1)C(=O)OC. The van der Waals surface area contributed by atoms with Gasteiger partial charge in [0.2, 0.25) is 0 Å². The van der Waals surface area contributed by atoms with Gasteiger partial charge in [-0.3, -0.25) is 0 Å². The highest BCUT2D eigenvalue weighted by Crippen LogP contribution is 2.19. The lowest BCUT2D eigenvalue weighted by Crippen LogP contribution is -2.25. The van der Waals surface area contributed by atoms with Gasteiger partial charge < -0.3 is 4.74 Å². The van der Waals surface area contributed by atoms with Crippen molar-refractivity contribution >= 4 is 5.97 Å². The molecule has 2 rings (SSSR count). The molecule has 0 bridgehead atoms. The fourth-order valence-electron chi connectivity index (χ4n) is 2.59. The second-order valence-corrected chi connectivity index (χ2v) is 5.86. The molecule has 1 atom stereocenters. The molecule has 0 radical (unpaired) electrons. The lowest BCUT2D eigenvalue weighted by atomic mass is 10.1. The summed E-state index contributed by atoms with van der Waals surface area (Å²) in [4.78, 5) is 12.4. The van der Waals surface area contributed by atoms with Gasteiger partial charge in [0.05, 0.1) is 12.8 Å². The average molecular weight is 339 g/mol. The summed E-state index contributed by atoms with van der Waals surface area (Å²) in [7, 11) is 1.40. The van der Waals surface area contributed by atoms with E-state index in [1.54, 1.807) is 4.68 Å². The normalized spacial score (nSPS) is 11.5. The quantitative estimate of drug-likeness (QED) is 0.573. The molecule has 0 fully saturated rings. The van der Waals surface area contributed by atoms with E-state index in [0.717, 1.165) is 42.6 Å². The van der Waals surface area contributed by atoms with Crippen LogP contribution in [0.25, 0.3) is 0 Å². The zero-order valence-corrected chi connectivity index (χ0v) is 15.2. The first-order valence-corrected chi connectivity index (χ1v) is 8.75. The van der Waals surface area contributed by atoms with Crippen LogP contribution in [0.1, 0.15) is 56.1 Å². The fraction of sp³-hybridized carbons (Fsp3) is 0.450. The van der Waals surface area contributed by atoms with E-state index >= 15 is 0 Å². The number of carbonyl (C=O) groups is 1. The van der Waals surface area contributed by atoms with Crippen LogP contribution in [0.15, 0.2) is 30.3 Å². The van der Waals surface area contributed by atoms with Crippen molar-refractivity contribution in [3.8, 4) is 11.8 Å². The summed E-state index contributed by atoms with van der Waals surface area (Å²) in [6, 6.07) is 9.26. The molecule has 1 aromatic heterocycles. The summed E-state index contributed by atoms with van der Waals surface area (Å²) in [5.74, 6) is 5.98. The average Bonchev–Trinajstić information content (AvgIpc) is 3.03. The minimum Gasteiger partial charge on any atom is -0.467 e. The first-order valence-electron chi connectivity index (χ1n) is 8.75. The minimum atomic E-state index is -0.573. The Hall–Kier alpha value is -2.61. The van der Waals surface area contributed by atoms with E-state index in [-0.39, 0.29) is 5.97 Å². The number of aryl methyl sites for hydroxylation is 1. The zero-order chi connectivity index (χ0) is 18.1. The largest absolute Gasteiger partial charge is 0.467 e. The molecule has 0 N–H and O–H groups in total. The minimum absolute atomic E-state index is 0.338. The number of rotatable bonds is 7. The Morgan fingerprint density at radius 3 is 2.64 bits per heavy atom. The van der Waals surface area contributed by atoms with Gasteiger partial charge in [-0.05, 0) is 24.3 Å². The van der Waals surface area contributed by atoms with E-state index in [9.17, 15) is 4.79 Å². The molecule has 5 nitrogen and oxygen atoms in total. The molecule has 0 saturated heterocycles. The Morgan fingerprint density at radius 1 is 1.24 bits per heavy atom. The van der Waals surface area contributed by atoms with Crippen molar-refractivity contribution < 1.29 is 9.53 Å². The third kappa shape index (κ3) is 4.93. The van der Waals surface area contributed by atoms with Crippen molar-refractivity contribution in [2.45, 2.75) is 52.0 Å². The number of methoxy groups -OCH3 is 1. The molecule has 0 aliphatic rings. The van der Waals surface area contributed by atoms with Crippen molar-refractivity contribution in [3.63, 3.8) is 0 Å². The molecule has 0 spiro atoms. The third-order valence-electron chi connectivity index (χ3n) is 3.87. The maximum atomic E-state index is 12.4. The lowest BCUT2D eigenvalue weighted by Gasteiger charge is -2.16. The molecular weight excluding hydrogens is 314 g/mol. The van der Waals surface area contributed by atoms with Gasteiger partial charge in [0.25, 0.3) is 0 Å². The van der Waals surface area contributed by atoms with Gasteiger partial charge in [0, 0.05) is 12.8 Å². The number of benzene rings is 1. The van der Waals surface area contributed by atoms with Gasteiger partial charge in [-0.15, -0.1) is 5.10 Å². The number of hydrogen-bond acceptors (Lipinski definition) is 4. The maximum absolute atomic E-state index is 12.4. The van der Waals surface area contributed by atoms with Crippen LogP contribution in [-0.4, -0.2) is 28.1 Å². The van der Waals surface area contributed by atoms with Crippen molar-refractivity contribution in [2.24, 2.45) is 0 Å². The summed E-state index contributed by atoms with van der Waals surface area (Å²) in [6.45, 7) is 4.17. The first-order chi connectivity index (χ1) is 12.2. The van der Waals surface area contributed by atoms with Crippen molar-refractivity contribution in [2.75, 3.05) is 7.11 Å². The highest BCUT2D eigenvalue weighted by Gasteiger charge is 2.26. The van der Waals surface area contributed by atoms with E-state index in [4.69, 9.17) is 4.74 Å². The Balaban J connectivity index is 2.42. The molecule has 0 aliphatic heterocycles. The number of unbranched alkanes of at least 4 members (excludes halogenated alkanes) is 1. The van der Waals surface area contributed by atoms with Gasteiger partial charge in [0.1, 0.15) is 5.69 Å². The molecule has 25 heavy (non-hydrogen) atoms. The van der Waals surface area contributed by atoms with E-state index in [0.29, 0.717) is 6.42 Å². The molecule has 0 aliphatic carbocycles. The summed E-state index contributed by atoms with van der Waals surface area (Å²) in [5.41, 5.74) is 2.60. The number of hydrogen-bond donors (Lipinski definition) is 0. The number of ether oxygens (including phenoxy) is 1. The predicted octanol–water partition coefficient (Wildman–Crippen LogP) is 3.34. The van der Waals surface area contributed by atoms with Crippen LogP contribution in [0.3, 0.4) is 0 Å². The van der Waals surface area contributed by atoms with Gasteiger partial charge in [-0.1, -0.05) is 61.7 Å². The van der Waals surface area contributed by atoms with Crippen LogP contribution in [0.5, 0.6) is 0 Å². The lowest BCUT2D eigenvalue weighted by molar-refractivity contribution is -0.145. The maximum Gasteiger partial charge on any atom is 0.331 e. The molecule has 132 valence electrons. The van der Waals surface area contributed by atoms with Gasteiger partial charge >= 0.3 is 5.97 Å². The fourth-order valence-corrected chi connectivity index (χ4v) is 2.59. The van der Waals surface area contributed by atoms with Gasteiger partial charge in [-0.2, -0.15) is 0 Å². The summed E-state index contributed by atoms with van der Waals surface area (Å²) < 4.78 is 6.64. The van der Waals surface area contributed by atoms with Crippen molar-refractivity contribution in [1.29, 1.82) is 0 Å². The molecule has 1 heterocycles. The highest BCUT2D eigenvalue weighted by atomic mass is 16.5. The molecular formula is C20H25N3O2. The van der Waals surface area contributed by atoms with E-state index < -0.39 is 6.04 Å². The molecule has 0 amide bonds. The van der Waals surface area contributed by atoms with Gasteiger partial charge in [-0.25, -0.2) is 9.48 Å². The second-order valence-electron chi connectivity index (χ2n) is 5.86. The second kappa shape index (κ2) is 9.63. The summed E-state index contributed by atoms with van der Waals surface area (Å²) in [5, 5.41) is 8.51. The Kier molecular flexibility index (Phi) is 7.21. The Bertz CT molecular complexity index is 741. The predicted molar refractivity (Wildman–Crippen MR) is 97.0 cm³/mol. The van der Waals surface area contributed by atoms with E-state index in [2.05, 4.69) is 36.0 Å². The van der Waals surface area contributed by atoms with Crippen LogP contribution in [0, 0.1) is 11.8 Å². The third-order valence-corrected chi connectivity index (χ3v) is 3.87. The summed E-state index contributed by atoms with van der Waals surface area (Å²) >= 11 is 0. The smallest absolute Gasteiger partial charge is 0.331 e. The van der Waals surface area contributed by atoms with Crippen molar-refractivity contribution in [1.82, 2.24) is 15.0 Å². The van der Waals surface area contributed by atoms with Crippen molar-refractivity contribution in [3.05, 3.63) is 47.3 Å². The van der Waals surface area contributed by atoms with Crippen LogP contribution in [0.4, 0.5) is 0 Å². The molecule has 0 unspecified atom stereocenters. The number of nitrogens with zero attached hydrogens (tertiary/aromatic N) is 3. The van der Waals surface area contributed by atoms with Crippen LogP contribution >= 0.6 is 0 Å². The standard InChI is InChI=1S/C20H25N3O2/c1-4-6-8-14-18-17(11-5-2)21-22-23(18)19(20(24)25-3)15-16-12-9-7-10-13-16/h7,9-10,12-13,19H,4-6,11,15H2,1-3H3/t19-/m1/s1. The number of aromatic nitrogens is 3. The van der Waals surface area contributed by atoms with Crippen LogP contribution in [0.2, 0.25) is 0 Å². The van der Waals surface area contributed by atoms with Crippen LogP contribution in [-0.2, 0) is 22.4 Å². The Labute approximate surface area is 149 Å². The molecule has 0 saturated carbocycles. The van der Waals surface area contributed by atoms with Gasteiger partial charge in [0.15, 0.2) is 6.04 Å². The Morgan fingerprint density at radius 2 is 2.00 bits per heavy atom. The zero-order valence-electron chi connectivity index (χ0n) is 15.2. The topological polar surface area (TPSA) is 57.0 Å². The van der Waals surface area contributed by atoms with E-state index in [1.165, 1.54) is 7.11 Å². The van der Waals surface area contributed by atoms with E-state index in [1.807, 2.05) is 30.3 Å². The number of carbonyl (C=O) groups excluding carboxylic acids is 1. The molecule has 2 aromatic rings.